The maximum absolute atomic E-state index is 14.2. The number of rotatable bonds is 11. The quantitative estimate of drug-likeness (QED) is 0.121. The number of amides is 2. The summed E-state index contributed by atoms with van der Waals surface area (Å²) in [7, 11) is 0. The fraction of sp³-hybridized carbons (Fsp3) is 0.394. The van der Waals surface area contributed by atoms with Gasteiger partial charge < -0.3 is 19.4 Å². The molecule has 0 aliphatic carbocycles. The molecule has 2 unspecified atom stereocenters. The third-order valence-electron chi connectivity index (χ3n) is 8.41. The number of carbonyl (C=O) groups is 3. The van der Waals surface area contributed by atoms with Crippen LogP contribution in [-0.4, -0.2) is 75.2 Å². The molecule has 1 saturated heterocycles. The fourth-order valence-electron chi connectivity index (χ4n) is 6.22. The van der Waals surface area contributed by atoms with E-state index >= 15 is 0 Å². The molecule has 0 N–H and O–H groups in total. The van der Waals surface area contributed by atoms with Crippen LogP contribution in [0.25, 0.3) is 0 Å². The number of esters is 1. The lowest BCUT2D eigenvalue weighted by Gasteiger charge is -2.56. The highest BCUT2D eigenvalue weighted by Crippen LogP contribution is 2.41. The van der Waals surface area contributed by atoms with E-state index in [-0.39, 0.29) is 30.0 Å². The number of anilines is 1. The molecular formula is C33H34F3N5O6. The third kappa shape index (κ3) is 7.05. The highest BCUT2D eigenvalue weighted by atomic mass is 19.4. The molecule has 0 saturated carbocycles. The first-order valence-corrected chi connectivity index (χ1v) is 15.3. The number of carbonyl (C=O) groups excluding carboxylic acids is 3. The van der Waals surface area contributed by atoms with Crippen LogP contribution in [0.3, 0.4) is 0 Å². The number of halogens is 3. The minimum Gasteiger partial charge on any atom is -0.430 e. The third-order valence-corrected chi connectivity index (χ3v) is 8.41. The van der Waals surface area contributed by atoms with Crippen LogP contribution in [0.4, 0.5) is 24.5 Å². The maximum atomic E-state index is 14.2. The van der Waals surface area contributed by atoms with Gasteiger partial charge in [-0.1, -0.05) is 44.2 Å². The van der Waals surface area contributed by atoms with Gasteiger partial charge in [-0.2, -0.15) is 13.2 Å². The predicted octanol–water partition coefficient (Wildman–Crippen LogP) is 5.14. The fourth-order valence-corrected chi connectivity index (χ4v) is 6.22. The summed E-state index contributed by atoms with van der Waals surface area (Å²) >= 11 is 0. The van der Waals surface area contributed by atoms with Crippen molar-refractivity contribution in [2.45, 2.75) is 64.1 Å². The van der Waals surface area contributed by atoms with E-state index in [1.807, 2.05) is 30.3 Å². The lowest BCUT2D eigenvalue weighted by Crippen LogP contribution is -2.76. The summed E-state index contributed by atoms with van der Waals surface area (Å²) in [5, 5.41) is 11.7. The molecule has 5 rings (SSSR count). The van der Waals surface area contributed by atoms with E-state index in [0.29, 0.717) is 25.7 Å². The van der Waals surface area contributed by atoms with E-state index in [2.05, 4.69) is 4.98 Å². The van der Waals surface area contributed by atoms with Crippen molar-refractivity contribution in [3.63, 3.8) is 0 Å². The zero-order valence-electron chi connectivity index (χ0n) is 25.8. The minimum atomic E-state index is -5.37. The van der Waals surface area contributed by atoms with E-state index in [1.54, 1.807) is 43.3 Å². The van der Waals surface area contributed by atoms with E-state index in [4.69, 9.17) is 4.74 Å². The normalized spacial score (nSPS) is 19.4. The summed E-state index contributed by atoms with van der Waals surface area (Å²) in [6.45, 7) is 3.47. The highest BCUT2D eigenvalue weighted by molar-refractivity contribution is 6.05. The first-order valence-electron chi connectivity index (χ1n) is 15.3. The van der Waals surface area contributed by atoms with Crippen molar-refractivity contribution in [3.05, 3.63) is 99.9 Å². The average molecular weight is 654 g/mol. The predicted molar refractivity (Wildman–Crippen MR) is 164 cm³/mol. The number of fused-ring (bicyclic) bond motifs is 2. The van der Waals surface area contributed by atoms with Crippen molar-refractivity contribution >= 4 is 29.2 Å². The van der Waals surface area contributed by atoms with Crippen molar-refractivity contribution in [2.75, 3.05) is 18.0 Å². The monoisotopic (exact) mass is 653 g/mol. The van der Waals surface area contributed by atoms with Crippen LogP contribution in [0.1, 0.15) is 48.2 Å². The number of nitrogens with zero attached hydrogens (tertiary/aromatic N) is 5. The van der Waals surface area contributed by atoms with Gasteiger partial charge in [0.05, 0.1) is 16.2 Å². The minimum absolute atomic E-state index is 0.0332. The second-order valence-corrected chi connectivity index (χ2v) is 11.8. The second kappa shape index (κ2) is 13.8. The number of aromatic nitrogens is 1. The Hall–Kier alpha value is -5.01. The molecule has 2 aliphatic rings. The molecule has 1 aromatic heterocycles. The topological polar surface area (TPSA) is 126 Å². The molecule has 3 aromatic rings. The van der Waals surface area contributed by atoms with Crippen molar-refractivity contribution in [3.8, 4) is 0 Å². The van der Waals surface area contributed by atoms with Gasteiger partial charge >= 0.3 is 12.1 Å². The molecule has 248 valence electrons. The summed E-state index contributed by atoms with van der Waals surface area (Å²) in [5.41, 5.74) is 1.63. The van der Waals surface area contributed by atoms with Crippen LogP contribution in [0.5, 0.6) is 0 Å². The molecule has 2 aromatic carbocycles. The lowest BCUT2D eigenvalue weighted by molar-refractivity contribution is -0.384. The number of aryl methyl sites for hydroxylation is 1. The molecule has 0 spiro atoms. The van der Waals surface area contributed by atoms with Gasteiger partial charge in [-0.25, -0.2) is 4.79 Å². The number of piperazine rings is 1. The van der Waals surface area contributed by atoms with Crippen molar-refractivity contribution in [1.82, 2.24) is 14.8 Å². The van der Waals surface area contributed by atoms with Crippen LogP contribution in [0.2, 0.25) is 0 Å². The largest absolute Gasteiger partial charge is 0.491 e. The number of hydrogen-bond donors (Lipinski definition) is 0. The number of pyridine rings is 1. The van der Waals surface area contributed by atoms with Gasteiger partial charge in [-0.15, -0.1) is 0 Å². The zero-order chi connectivity index (χ0) is 33.9. The summed E-state index contributed by atoms with van der Waals surface area (Å²) in [6, 6.07) is 15.6. The molecule has 0 bridgehead atoms. The number of nitro benzene ring substituents is 1. The Balaban J connectivity index is 1.59. The lowest BCUT2D eigenvalue weighted by atomic mass is 9.91. The summed E-state index contributed by atoms with van der Waals surface area (Å²) in [5.74, 6) is -4.46. The molecule has 14 heteroatoms. The first kappa shape index (κ1) is 33.4. The molecular weight excluding hydrogens is 619 g/mol. The molecule has 47 heavy (non-hydrogen) atoms. The Morgan fingerprint density at radius 2 is 1.64 bits per heavy atom. The van der Waals surface area contributed by atoms with Gasteiger partial charge in [-0.05, 0) is 60.9 Å². The van der Waals surface area contributed by atoms with Crippen molar-refractivity contribution in [1.29, 1.82) is 0 Å². The Kier molecular flexibility index (Phi) is 9.77. The summed E-state index contributed by atoms with van der Waals surface area (Å²) in [6.07, 6.45) is -3.44. The Morgan fingerprint density at radius 3 is 2.28 bits per heavy atom. The van der Waals surface area contributed by atoms with Crippen LogP contribution < -0.4 is 4.90 Å². The number of unbranched alkanes of at least 4 members (excludes halogenated alkanes) is 1. The van der Waals surface area contributed by atoms with Gasteiger partial charge in [0.2, 0.25) is 12.1 Å². The molecule has 0 radical (unpaired) electrons. The second-order valence-electron chi connectivity index (χ2n) is 11.8. The summed E-state index contributed by atoms with van der Waals surface area (Å²) in [4.78, 5) is 59.7. The standard InChI is InChI=1S/C33H34F3N5O6/c1-21(2)27-30(43)39(18-7-6-10-22-8-4-3-5-9-22)31(47-32(44)33(34,35)36)28-38(19-15-23-13-16-37-17-14-23)26-12-11-24(41(45)46)20-25(26)29(42)40(27)28/h3-5,8-9,11-14,16-17,20-21,27-28,31H,6-7,10,15,18-19H2,1-2H3/t27-,28?,31?/m0/s1. The molecule has 2 aliphatic heterocycles. The number of ether oxygens (including phenoxy) is 1. The van der Waals surface area contributed by atoms with Gasteiger partial charge in [0.1, 0.15) is 6.04 Å². The molecule has 3 heterocycles. The first-order chi connectivity index (χ1) is 22.4. The van der Waals surface area contributed by atoms with Crippen molar-refractivity contribution < 1.29 is 37.2 Å². The van der Waals surface area contributed by atoms with Gasteiger partial charge in [0, 0.05) is 37.6 Å². The Morgan fingerprint density at radius 1 is 0.957 bits per heavy atom. The smallest absolute Gasteiger partial charge is 0.430 e. The highest BCUT2D eigenvalue weighted by Gasteiger charge is 2.58. The zero-order valence-corrected chi connectivity index (χ0v) is 25.8. The van der Waals surface area contributed by atoms with Gasteiger partial charge in [0.15, 0.2) is 6.17 Å². The molecule has 3 atom stereocenters. The van der Waals surface area contributed by atoms with E-state index in [1.165, 1.54) is 12.1 Å². The van der Waals surface area contributed by atoms with Crippen LogP contribution >= 0.6 is 0 Å². The van der Waals surface area contributed by atoms with Gasteiger partial charge in [-0.3, -0.25) is 24.7 Å². The van der Waals surface area contributed by atoms with Crippen LogP contribution in [-0.2, 0) is 27.2 Å². The molecule has 2 amide bonds. The molecule has 11 nitrogen and oxygen atoms in total. The van der Waals surface area contributed by atoms with E-state index in [0.717, 1.165) is 27.0 Å². The number of non-ortho nitro benzene ring substituents is 1. The summed E-state index contributed by atoms with van der Waals surface area (Å²) < 4.78 is 46.3. The van der Waals surface area contributed by atoms with Crippen LogP contribution in [0.15, 0.2) is 73.1 Å². The Labute approximate surface area is 269 Å². The number of hydrogen-bond acceptors (Lipinski definition) is 8. The number of alkyl halides is 3. The van der Waals surface area contributed by atoms with E-state index in [9.17, 15) is 37.7 Å². The van der Waals surface area contributed by atoms with E-state index < -0.39 is 53.2 Å². The average Bonchev–Trinajstić information content (AvgIpc) is 3.04. The SMILES string of the molecule is CC(C)[C@H]1C(=O)N(CCCCc2ccccc2)C(OC(=O)C(F)(F)F)C2N(CCc3ccncc3)c3ccc([N+](=O)[O-])cc3C(=O)N21. The number of benzene rings is 2. The molecule has 1 fully saturated rings. The Bertz CT molecular complexity index is 1620. The maximum Gasteiger partial charge on any atom is 0.491 e. The van der Waals surface area contributed by atoms with Gasteiger partial charge in [0.25, 0.3) is 11.6 Å². The number of nitro groups is 1. The van der Waals surface area contributed by atoms with Crippen LogP contribution in [0, 0.1) is 16.0 Å². The van der Waals surface area contributed by atoms with Crippen molar-refractivity contribution in [2.24, 2.45) is 5.92 Å².